The summed E-state index contributed by atoms with van der Waals surface area (Å²) in [5.74, 6) is -1.57. The normalized spacial score (nSPS) is 10.8. The fourth-order valence-corrected chi connectivity index (χ4v) is 1.80. The molecule has 0 saturated heterocycles. The number of halogens is 2. The molecular formula is C17H13F2N3O2. The van der Waals surface area contributed by atoms with E-state index in [-0.39, 0.29) is 17.9 Å². The monoisotopic (exact) mass is 329 g/mol. The first-order valence-corrected chi connectivity index (χ1v) is 6.91. The molecule has 1 N–H and O–H groups in total. The van der Waals surface area contributed by atoms with Crippen molar-refractivity contribution >= 4 is 11.6 Å². The quantitative estimate of drug-likeness (QED) is 0.677. The standard InChI is InChI=1S/C17H13F2N3O2/c1-11(15-7-4-13(18)8-16(15)19)21-22-17(23)10-24-14-5-2-12(9-20)3-6-14/h2-8H,10H2,1H3,(H,22,23)/b21-11-. The van der Waals surface area contributed by atoms with Crippen LogP contribution in [0, 0.1) is 23.0 Å². The molecule has 0 spiro atoms. The van der Waals surface area contributed by atoms with Gasteiger partial charge in [0.1, 0.15) is 17.4 Å². The highest BCUT2D eigenvalue weighted by molar-refractivity contribution is 5.99. The Bertz CT molecular complexity index is 812. The van der Waals surface area contributed by atoms with Gasteiger partial charge in [-0.05, 0) is 43.3 Å². The number of amides is 1. The molecule has 122 valence electrons. The Hall–Kier alpha value is -3.27. The number of hydrazone groups is 1. The summed E-state index contributed by atoms with van der Waals surface area (Å²) in [5, 5.41) is 12.4. The van der Waals surface area contributed by atoms with Crippen LogP contribution in [0.5, 0.6) is 5.75 Å². The van der Waals surface area contributed by atoms with Crippen LogP contribution in [-0.2, 0) is 4.79 Å². The Labute approximate surface area is 137 Å². The van der Waals surface area contributed by atoms with Gasteiger partial charge in [-0.25, -0.2) is 14.2 Å². The number of nitrogens with zero attached hydrogens (tertiary/aromatic N) is 2. The lowest BCUT2D eigenvalue weighted by atomic mass is 10.1. The van der Waals surface area contributed by atoms with Crippen LogP contribution in [-0.4, -0.2) is 18.2 Å². The van der Waals surface area contributed by atoms with Crippen LogP contribution < -0.4 is 10.2 Å². The van der Waals surface area contributed by atoms with Crippen molar-refractivity contribution in [2.45, 2.75) is 6.92 Å². The molecule has 2 aromatic rings. The number of hydrogen-bond acceptors (Lipinski definition) is 4. The van der Waals surface area contributed by atoms with Crippen molar-refractivity contribution in [3.63, 3.8) is 0 Å². The fraction of sp³-hybridized carbons (Fsp3) is 0.118. The molecule has 0 unspecified atom stereocenters. The molecule has 0 bridgehead atoms. The van der Waals surface area contributed by atoms with Crippen LogP contribution in [0.15, 0.2) is 47.6 Å². The number of carbonyl (C=O) groups excluding carboxylic acids is 1. The predicted octanol–water partition coefficient (Wildman–Crippen LogP) is 2.76. The highest BCUT2D eigenvalue weighted by Gasteiger charge is 2.08. The van der Waals surface area contributed by atoms with Gasteiger partial charge in [0.25, 0.3) is 5.91 Å². The van der Waals surface area contributed by atoms with Gasteiger partial charge in [0, 0.05) is 11.6 Å². The lowest BCUT2D eigenvalue weighted by Gasteiger charge is -2.06. The first-order valence-electron chi connectivity index (χ1n) is 6.91. The van der Waals surface area contributed by atoms with Crippen molar-refractivity contribution in [2.24, 2.45) is 5.10 Å². The molecular weight excluding hydrogens is 316 g/mol. The SMILES string of the molecule is C/C(=N/NC(=O)COc1ccc(C#N)cc1)c1ccc(F)cc1F. The van der Waals surface area contributed by atoms with E-state index in [0.717, 1.165) is 12.1 Å². The Kier molecular flexibility index (Phi) is 5.58. The zero-order chi connectivity index (χ0) is 17.5. The smallest absolute Gasteiger partial charge is 0.277 e. The molecule has 2 aromatic carbocycles. The van der Waals surface area contributed by atoms with E-state index in [1.165, 1.54) is 13.0 Å². The van der Waals surface area contributed by atoms with Crippen molar-refractivity contribution in [2.75, 3.05) is 6.61 Å². The van der Waals surface area contributed by atoms with Crippen molar-refractivity contribution in [1.29, 1.82) is 5.26 Å². The molecule has 0 heterocycles. The van der Waals surface area contributed by atoms with Gasteiger partial charge < -0.3 is 4.74 Å². The summed E-state index contributed by atoms with van der Waals surface area (Å²) in [4.78, 5) is 11.7. The third-order valence-corrected chi connectivity index (χ3v) is 3.02. The second kappa shape index (κ2) is 7.83. The van der Waals surface area contributed by atoms with Gasteiger partial charge in [-0.15, -0.1) is 0 Å². The first-order chi connectivity index (χ1) is 11.5. The number of nitrogens with one attached hydrogen (secondary N) is 1. The highest BCUT2D eigenvalue weighted by atomic mass is 19.1. The zero-order valence-electron chi connectivity index (χ0n) is 12.7. The largest absolute Gasteiger partial charge is 0.484 e. The maximum atomic E-state index is 13.6. The summed E-state index contributed by atoms with van der Waals surface area (Å²) in [6.45, 7) is 1.19. The molecule has 0 aromatic heterocycles. The minimum absolute atomic E-state index is 0.0877. The maximum absolute atomic E-state index is 13.6. The third-order valence-electron chi connectivity index (χ3n) is 3.02. The van der Waals surface area contributed by atoms with Gasteiger partial charge in [0.05, 0.1) is 17.3 Å². The van der Waals surface area contributed by atoms with Gasteiger partial charge in [-0.3, -0.25) is 4.79 Å². The summed E-state index contributed by atoms with van der Waals surface area (Å²) in [6, 6.07) is 11.3. The summed E-state index contributed by atoms with van der Waals surface area (Å²) < 4.78 is 31.7. The van der Waals surface area contributed by atoms with E-state index in [1.54, 1.807) is 24.3 Å². The highest BCUT2D eigenvalue weighted by Crippen LogP contribution is 2.12. The van der Waals surface area contributed by atoms with Crippen LogP contribution in [0.1, 0.15) is 18.1 Å². The fourth-order valence-electron chi connectivity index (χ4n) is 1.80. The number of rotatable bonds is 5. The van der Waals surface area contributed by atoms with E-state index >= 15 is 0 Å². The van der Waals surface area contributed by atoms with E-state index in [1.807, 2.05) is 6.07 Å². The molecule has 24 heavy (non-hydrogen) atoms. The van der Waals surface area contributed by atoms with E-state index in [4.69, 9.17) is 10.00 Å². The third kappa shape index (κ3) is 4.61. The molecule has 2 rings (SSSR count). The summed E-state index contributed by atoms with van der Waals surface area (Å²) >= 11 is 0. The number of benzene rings is 2. The molecule has 7 heteroatoms. The summed E-state index contributed by atoms with van der Waals surface area (Å²) in [6.07, 6.45) is 0. The van der Waals surface area contributed by atoms with Crippen LogP contribution in [0.3, 0.4) is 0 Å². The van der Waals surface area contributed by atoms with Crippen LogP contribution in [0.4, 0.5) is 8.78 Å². The average molecular weight is 329 g/mol. The predicted molar refractivity (Wildman–Crippen MR) is 83.4 cm³/mol. The minimum Gasteiger partial charge on any atom is -0.484 e. The van der Waals surface area contributed by atoms with Crippen molar-refractivity contribution in [1.82, 2.24) is 5.43 Å². The van der Waals surface area contributed by atoms with Crippen molar-refractivity contribution in [3.8, 4) is 11.8 Å². The molecule has 0 aliphatic heterocycles. The zero-order valence-corrected chi connectivity index (χ0v) is 12.7. The van der Waals surface area contributed by atoms with Crippen molar-refractivity contribution < 1.29 is 18.3 Å². The average Bonchev–Trinajstić information content (AvgIpc) is 2.58. The lowest BCUT2D eigenvalue weighted by Crippen LogP contribution is -2.25. The van der Waals surface area contributed by atoms with Gasteiger partial charge in [-0.2, -0.15) is 10.4 Å². The molecule has 0 saturated carbocycles. The van der Waals surface area contributed by atoms with Gasteiger partial charge >= 0.3 is 0 Å². The minimum atomic E-state index is -0.765. The van der Waals surface area contributed by atoms with E-state index < -0.39 is 17.5 Å². The Morgan fingerprint density at radius 3 is 2.58 bits per heavy atom. The Balaban J connectivity index is 1.90. The molecule has 0 fully saturated rings. The number of carbonyl (C=O) groups is 1. The van der Waals surface area contributed by atoms with Crippen LogP contribution >= 0.6 is 0 Å². The molecule has 0 aliphatic rings. The van der Waals surface area contributed by atoms with Gasteiger partial charge in [0.15, 0.2) is 6.61 Å². The van der Waals surface area contributed by atoms with Gasteiger partial charge in [-0.1, -0.05) is 0 Å². The van der Waals surface area contributed by atoms with Crippen molar-refractivity contribution in [3.05, 3.63) is 65.2 Å². The van der Waals surface area contributed by atoms with E-state index in [2.05, 4.69) is 10.5 Å². The number of ether oxygens (including phenoxy) is 1. The Morgan fingerprint density at radius 2 is 1.96 bits per heavy atom. The molecule has 5 nitrogen and oxygen atoms in total. The summed E-state index contributed by atoms with van der Waals surface area (Å²) in [7, 11) is 0. The molecule has 0 aliphatic carbocycles. The van der Waals surface area contributed by atoms with Crippen LogP contribution in [0.25, 0.3) is 0 Å². The molecule has 0 atom stereocenters. The number of nitriles is 1. The second-order valence-electron chi connectivity index (χ2n) is 4.78. The van der Waals surface area contributed by atoms with Crippen LogP contribution in [0.2, 0.25) is 0 Å². The van der Waals surface area contributed by atoms with E-state index in [0.29, 0.717) is 11.3 Å². The first kappa shape index (κ1) is 17.1. The molecule has 0 radical (unpaired) electrons. The lowest BCUT2D eigenvalue weighted by molar-refractivity contribution is -0.123. The Morgan fingerprint density at radius 1 is 1.25 bits per heavy atom. The summed E-state index contributed by atoms with van der Waals surface area (Å²) in [5.41, 5.74) is 2.99. The topological polar surface area (TPSA) is 74.5 Å². The van der Waals surface area contributed by atoms with E-state index in [9.17, 15) is 13.6 Å². The second-order valence-corrected chi connectivity index (χ2v) is 4.78. The van der Waals surface area contributed by atoms with Gasteiger partial charge in [0.2, 0.25) is 0 Å². The maximum Gasteiger partial charge on any atom is 0.277 e. The number of hydrogen-bond donors (Lipinski definition) is 1. The molecule has 1 amide bonds.